The van der Waals surface area contributed by atoms with Crippen LogP contribution < -0.4 is 0 Å². The first kappa shape index (κ1) is 11.7. The molecule has 0 atom stereocenters. The molecule has 0 saturated carbocycles. The SMILES string of the molecule is Cc1[nH]c2ccccc2c1Cc1ccc(C=O)cc1. The van der Waals surface area contributed by atoms with E-state index in [-0.39, 0.29) is 0 Å². The first-order chi connectivity index (χ1) is 9.28. The molecule has 0 amide bonds. The zero-order chi connectivity index (χ0) is 13.2. The van der Waals surface area contributed by atoms with Gasteiger partial charge in [0.25, 0.3) is 0 Å². The molecule has 94 valence electrons. The molecule has 3 rings (SSSR count). The second-order valence-corrected chi connectivity index (χ2v) is 4.81. The van der Waals surface area contributed by atoms with Gasteiger partial charge in [0.05, 0.1) is 0 Å². The normalized spacial score (nSPS) is 10.8. The monoisotopic (exact) mass is 249 g/mol. The molecule has 1 N–H and O–H groups in total. The number of hydrogen-bond donors (Lipinski definition) is 1. The van der Waals surface area contributed by atoms with E-state index in [1.807, 2.05) is 30.3 Å². The van der Waals surface area contributed by atoms with E-state index >= 15 is 0 Å². The molecule has 1 heterocycles. The van der Waals surface area contributed by atoms with Crippen LogP contribution in [-0.2, 0) is 6.42 Å². The third-order valence-electron chi connectivity index (χ3n) is 3.52. The fourth-order valence-corrected chi connectivity index (χ4v) is 2.48. The lowest BCUT2D eigenvalue weighted by Crippen LogP contribution is -1.90. The number of fused-ring (bicyclic) bond motifs is 1. The second-order valence-electron chi connectivity index (χ2n) is 4.81. The molecule has 2 heteroatoms. The highest BCUT2D eigenvalue weighted by Gasteiger charge is 2.08. The summed E-state index contributed by atoms with van der Waals surface area (Å²) in [5, 5.41) is 1.28. The van der Waals surface area contributed by atoms with Crippen LogP contribution in [0.25, 0.3) is 10.9 Å². The number of para-hydroxylation sites is 1. The molecule has 0 saturated heterocycles. The summed E-state index contributed by atoms with van der Waals surface area (Å²) in [7, 11) is 0. The Labute approximate surface area is 112 Å². The molecular formula is C17H15NO. The van der Waals surface area contributed by atoms with E-state index in [4.69, 9.17) is 0 Å². The van der Waals surface area contributed by atoms with Gasteiger partial charge in [0.2, 0.25) is 0 Å². The third-order valence-corrected chi connectivity index (χ3v) is 3.52. The minimum atomic E-state index is 0.722. The molecule has 19 heavy (non-hydrogen) atoms. The predicted molar refractivity (Wildman–Crippen MR) is 77.7 cm³/mol. The second kappa shape index (κ2) is 4.73. The number of carbonyl (C=O) groups is 1. The molecular weight excluding hydrogens is 234 g/mol. The summed E-state index contributed by atoms with van der Waals surface area (Å²) in [6.45, 7) is 2.11. The molecule has 0 unspecified atom stereocenters. The van der Waals surface area contributed by atoms with Gasteiger partial charge in [0.1, 0.15) is 6.29 Å². The standard InChI is InChI=1S/C17H15NO/c1-12-16(15-4-2-3-5-17(15)18-12)10-13-6-8-14(11-19)9-7-13/h2-9,11,18H,10H2,1H3. The fraction of sp³-hybridized carbons (Fsp3) is 0.118. The Morgan fingerprint density at radius 3 is 2.53 bits per heavy atom. The van der Waals surface area contributed by atoms with Crippen LogP contribution in [0.3, 0.4) is 0 Å². The van der Waals surface area contributed by atoms with Gasteiger partial charge in [-0.1, -0.05) is 42.5 Å². The topological polar surface area (TPSA) is 32.9 Å². The Morgan fingerprint density at radius 1 is 1.05 bits per heavy atom. The van der Waals surface area contributed by atoms with Crippen LogP contribution in [0.2, 0.25) is 0 Å². The number of benzene rings is 2. The predicted octanol–water partition coefficient (Wildman–Crippen LogP) is 3.88. The Hall–Kier alpha value is -2.35. The zero-order valence-electron chi connectivity index (χ0n) is 10.8. The van der Waals surface area contributed by atoms with Crippen LogP contribution in [-0.4, -0.2) is 11.3 Å². The van der Waals surface area contributed by atoms with E-state index in [1.54, 1.807) is 0 Å². The molecule has 0 radical (unpaired) electrons. The molecule has 0 aliphatic carbocycles. The average Bonchev–Trinajstić information content (AvgIpc) is 2.76. The Balaban J connectivity index is 2.00. The minimum absolute atomic E-state index is 0.722. The van der Waals surface area contributed by atoms with Crippen LogP contribution in [0, 0.1) is 6.92 Å². The lowest BCUT2D eigenvalue weighted by Gasteiger charge is -2.03. The number of aldehydes is 1. The van der Waals surface area contributed by atoms with E-state index in [2.05, 4.69) is 30.1 Å². The lowest BCUT2D eigenvalue weighted by atomic mass is 10.0. The first-order valence-electron chi connectivity index (χ1n) is 6.38. The molecule has 0 bridgehead atoms. The zero-order valence-corrected chi connectivity index (χ0v) is 10.8. The van der Waals surface area contributed by atoms with Crippen LogP contribution in [0.15, 0.2) is 48.5 Å². The summed E-state index contributed by atoms with van der Waals surface area (Å²) in [6, 6.07) is 16.1. The van der Waals surface area contributed by atoms with Crippen molar-refractivity contribution in [3.63, 3.8) is 0 Å². The van der Waals surface area contributed by atoms with Crippen LogP contribution in [0.4, 0.5) is 0 Å². The van der Waals surface area contributed by atoms with Crippen molar-refractivity contribution in [2.24, 2.45) is 0 Å². The number of hydrogen-bond acceptors (Lipinski definition) is 1. The van der Waals surface area contributed by atoms with Gasteiger partial charge < -0.3 is 4.98 Å². The van der Waals surface area contributed by atoms with E-state index < -0.39 is 0 Å². The maximum atomic E-state index is 10.7. The van der Waals surface area contributed by atoms with Gasteiger partial charge in [0.15, 0.2) is 0 Å². The molecule has 0 aliphatic heterocycles. The van der Waals surface area contributed by atoms with Gasteiger partial charge in [-0.15, -0.1) is 0 Å². The van der Waals surface area contributed by atoms with Gasteiger partial charge in [-0.2, -0.15) is 0 Å². The largest absolute Gasteiger partial charge is 0.358 e. The van der Waals surface area contributed by atoms with E-state index in [9.17, 15) is 4.79 Å². The maximum Gasteiger partial charge on any atom is 0.150 e. The quantitative estimate of drug-likeness (QED) is 0.702. The summed E-state index contributed by atoms with van der Waals surface area (Å²) in [5.41, 5.74) is 5.66. The Bertz CT molecular complexity index is 723. The van der Waals surface area contributed by atoms with Gasteiger partial charge in [-0.05, 0) is 30.5 Å². The van der Waals surface area contributed by atoms with Gasteiger partial charge in [-0.25, -0.2) is 0 Å². The summed E-state index contributed by atoms with van der Waals surface area (Å²) in [5.74, 6) is 0. The number of nitrogens with one attached hydrogen (secondary N) is 1. The first-order valence-corrected chi connectivity index (χ1v) is 6.38. The van der Waals surface area contributed by atoms with Crippen molar-refractivity contribution < 1.29 is 4.79 Å². The average molecular weight is 249 g/mol. The summed E-state index contributed by atoms with van der Waals surface area (Å²) >= 11 is 0. The van der Waals surface area contributed by atoms with Crippen LogP contribution in [0.5, 0.6) is 0 Å². The van der Waals surface area contributed by atoms with Crippen molar-refractivity contribution in [3.05, 3.63) is 70.9 Å². The van der Waals surface area contributed by atoms with E-state index in [1.165, 1.54) is 27.7 Å². The number of aryl methyl sites for hydroxylation is 1. The Kier molecular flexibility index (Phi) is 2.92. The Morgan fingerprint density at radius 2 is 1.79 bits per heavy atom. The van der Waals surface area contributed by atoms with Crippen molar-refractivity contribution in [2.75, 3.05) is 0 Å². The smallest absolute Gasteiger partial charge is 0.150 e. The lowest BCUT2D eigenvalue weighted by molar-refractivity contribution is 0.112. The van der Waals surface area contributed by atoms with Crippen molar-refractivity contribution >= 4 is 17.2 Å². The maximum absolute atomic E-state index is 10.7. The number of carbonyl (C=O) groups excluding carboxylic acids is 1. The molecule has 0 spiro atoms. The van der Waals surface area contributed by atoms with Crippen molar-refractivity contribution in [2.45, 2.75) is 13.3 Å². The summed E-state index contributed by atoms with van der Waals surface area (Å²) in [6.07, 6.45) is 1.76. The molecule has 0 fully saturated rings. The fourth-order valence-electron chi connectivity index (χ4n) is 2.48. The third kappa shape index (κ3) is 2.17. The highest BCUT2D eigenvalue weighted by atomic mass is 16.1. The molecule has 0 aliphatic rings. The van der Waals surface area contributed by atoms with Crippen molar-refractivity contribution in [1.29, 1.82) is 0 Å². The number of H-pyrrole nitrogens is 1. The minimum Gasteiger partial charge on any atom is -0.358 e. The highest BCUT2D eigenvalue weighted by Crippen LogP contribution is 2.24. The van der Waals surface area contributed by atoms with Crippen LogP contribution in [0.1, 0.15) is 27.2 Å². The van der Waals surface area contributed by atoms with Gasteiger partial charge >= 0.3 is 0 Å². The summed E-state index contributed by atoms with van der Waals surface area (Å²) in [4.78, 5) is 14.1. The van der Waals surface area contributed by atoms with Crippen molar-refractivity contribution in [3.8, 4) is 0 Å². The number of aromatic amines is 1. The highest BCUT2D eigenvalue weighted by molar-refractivity contribution is 5.85. The molecule has 2 aromatic carbocycles. The van der Waals surface area contributed by atoms with Crippen LogP contribution >= 0.6 is 0 Å². The van der Waals surface area contributed by atoms with Gasteiger partial charge in [-0.3, -0.25) is 4.79 Å². The van der Waals surface area contributed by atoms with E-state index in [0.29, 0.717) is 0 Å². The number of aromatic nitrogens is 1. The summed E-state index contributed by atoms with van der Waals surface area (Å²) < 4.78 is 0. The van der Waals surface area contributed by atoms with E-state index in [0.717, 1.165) is 18.3 Å². The molecule has 2 nitrogen and oxygen atoms in total. The number of rotatable bonds is 3. The molecule has 3 aromatic rings. The van der Waals surface area contributed by atoms with Crippen molar-refractivity contribution in [1.82, 2.24) is 4.98 Å². The molecule has 1 aromatic heterocycles. The van der Waals surface area contributed by atoms with Gasteiger partial charge in [0, 0.05) is 22.2 Å².